The molecule has 39 heavy (non-hydrogen) atoms. The van der Waals surface area contributed by atoms with Gasteiger partial charge in [-0.2, -0.15) is 0 Å². The summed E-state index contributed by atoms with van der Waals surface area (Å²) in [4.78, 5) is 27.6. The van der Waals surface area contributed by atoms with E-state index in [-0.39, 0.29) is 23.4 Å². The maximum absolute atomic E-state index is 13.9. The average molecular weight is 533 g/mol. The normalized spacial score (nSPS) is 17.7. The molecule has 1 saturated carbocycles. The fraction of sp³-hybridized carbons (Fsp3) is 0.250. The Bertz CT molecular complexity index is 1370. The molecule has 3 aromatic rings. The van der Waals surface area contributed by atoms with Crippen LogP contribution in [0.2, 0.25) is 0 Å². The van der Waals surface area contributed by atoms with E-state index in [1.54, 1.807) is 31.2 Å². The van der Waals surface area contributed by atoms with Gasteiger partial charge in [-0.1, -0.05) is 24.3 Å². The summed E-state index contributed by atoms with van der Waals surface area (Å²) >= 11 is 0. The van der Waals surface area contributed by atoms with E-state index in [0.29, 0.717) is 59.3 Å². The Labute approximate surface area is 226 Å². The molecule has 0 heterocycles. The van der Waals surface area contributed by atoms with E-state index in [2.05, 4.69) is 5.32 Å². The highest BCUT2D eigenvalue weighted by Gasteiger charge is 2.29. The van der Waals surface area contributed by atoms with E-state index < -0.39 is 11.6 Å². The molecule has 0 radical (unpaired) electrons. The largest absolute Gasteiger partial charge is 0.326 e. The third kappa shape index (κ3) is 7.33. The fourth-order valence-electron chi connectivity index (χ4n) is 4.63. The summed E-state index contributed by atoms with van der Waals surface area (Å²) in [6.07, 6.45) is 4.61. The van der Waals surface area contributed by atoms with Crippen molar-refractivity contribution in [1.82, 2.24) is 4.90 Å². The van der Waals surface area contributed by atoms with Gasteiger partial charge in [0.05, 0.1) is 0 Å². The zero-order valence-corrected chi connectivity index (χ0v) is 22.2. The van der Waals surface area contributed by atoms with E-state index in [0.717, 1.165) is 17.7 Å². The predicted molar refractivity (Wildman–Crippen MR) is 149 cm³/mol. The Hall–Kier alpha value is -3.97. The summed E-state index contributed by atoms with van der Waals surface area (Å²) in [6, 6.07) is 15.8. The maximum Gasteiger partial charge on any atom is 0.225 e. The molecule has 0 saturated heterocycles. The van der Waals surface area contributed by atoms with Crippen LogP contribution in [0.1, 0.15) is 47.4 Å². The number of carbonyl (C=O) groups excluding carboxylic acids is 2. The molecule has 1 unspecified atom stereocenters. The lowest BCUT2D eigenvalue weighted by molar-refractivity contribution is -0.116. The van der Waals surface area contributed by atoms with Gasteiger partial charge in [0, 0.05) is 29.8 Å². The molecule has 7 heteroatoms. The topological polar surface area (TPSA) is 49.4 Å². The lowest BCUT2D eigenvalue weighted by atomic mass is 9.76. The quantitative estimate of drug-likeness (QED) is 0.336. The lowest BCUT2D eigenvalue weighted by Gasteiger charge is -2.26. The monoisotopic (exact) mass is 532 g/mol. The third-order valence-corrected chi connectivity index (χ3v) is 6.78. The standard InChI is InChI=1S/C32H31F3N2O2/c1-20-14-21(4-10-28(20)33)15-25-18-24(19-26(32(25)39)16-22-5-11-29(34)30(35)17-22)23-6-8-27(9-7-23)36-31(38)12-13-37(2)3/h4-11,14-17,24H,12-13,18-19H2,1-3H3,(H,36,38)/b25-15+,26-16+. The van der Waals surface area contributed by atoms with Crippen LogP contribution < -0.4 is 5.32 Å². The Balaban J connectivity index is 1.63. The van der Waals surface area contributed by atoms with Crippen LogP contribution in [-0.2, 0) is 9.59 Å². The van der Waals surface area contributed by atoms with Gasteiger partial charge in [-0.15, -0.1) is 0 Å². The van der Waals surface area contributed by atoms with E-state index in [4.69, 9.17) is 0 Å². The van der Waals surface area contributed by atoms with Crippen molar-refractivity contribution in [1.29, 1.82) is 0 Å². The fourth-order valence-corrected chi connectivity index (χ4v) is 4.63. The van der Waals surface area contributed by atoms with E-state index in [1.807, 2.05) is 43.3 Å². The summed E-state index contributed by atoms with van der Waals surface area (Å²) in [5, 5.41) is 2.90. The van der Waals surface area contributed by atoms with Gasteiger partial charge in [0.15, 0.2) is 17.4 Å². The molecule has 1 fully saturated rings. The molecule has 1 amide bonds. The molecule has 1 aliphatic carbocycles. The van der Waals surface area contributed by atoms with Crippen molar-refractivity contribution < 1.29 is 22.8 Å². The van der Waals surface area contributed by atoms with Gasteiger partial charge < -0.3 is 10.2 Å². The summed E-state index contributed by atoms with van der Waals surface area (Å²) in [5.74, 6) is -2.57. The number of hydrogen-bond donors (Lipinski definition) is 1. The molecule has 4 rings (SSSR count). The van der Waals surface area contributed by atoms with Crippen LogP contribution in [0.15, 0.2) is 71.8 Å². The number of carbonyl (C=O) groups is 2. The molecule has 1 N–H and O–H groups in total. The summed E-state index contributed by atoms with van der Waals surface area (Å²) in [5.41, 5.74) is 4.27. The van der Waals surface area contributed by atoms with Crippen LogP contribution in [-0.4, -0.2) is 37.2 Å². The Morgan fingerprint density at radius 3 is 2.03 bits per heavy atom. The zero-order valence-electron chi connectivity index (χ0n) is 22.2. The Morgan fingerprint density at radius 2 is 1.46 bits per heavy atom. The first-order chi connectivity index (χ1) is 18.6. The number of allylic oxidation sites excluding steroid dienone is 2. The summed E-state index contributed by atoms with van der Waals surface area (Å²) < 4.78 is 41.1. The van der Waals surface area contributed by atoms with Crippen molar-refractivity contribution in [3.05, 3.63) is 112 Å². The Morgan fingerprint density at radius 1 is 0.872 bits per heavy atom. The molecular weight excluding hydrogens is 501 g/mol. The SMILES string of the molecule is Cc1cc(/C=C2\CC(c3ccc(NC(=O)CCN(C)C)cc3)C/C(=C\c3ccc(F)c(F)c3)C2=O)ccc1F. The molecule has 202 valence electrons. The van der Waals surface area contributed by atoms with Crippen LogP contribution in [0.5, 0.6) is 0 Å². The molecule has 0 bridgehead atoms. The van der Waals surface area contributed by atoms with Crippen molar-refractivity contribution in [3.63, 3.8) is 0 Å². The second-order valence-electron chi connectivity index (χ2n) is 10.2. The van der Waals surface area contributed by atoms with Gasteiger partial charge in [-0.25, -0.2) is 13.2 Å². The molecular formula is C32H31F3N2O2. The third-order valence-electron chi connectivity index (χ3n) is 6.78. The molecule has 1 aliphatic rings. The Kier molecular flexibility index (Phi) is 8.82. The number of Topliss-reactive ketones (excluding diaryl/α,β-unsaturated/α-hetero) is 1. The van der Waals surface area contributed by atoms with Crippen LogP contribution in [0.3, 0.4) is 0 Å². The predicted octanol–water partition coefficient (Wildman–Crippen LogP) is 6.92. The summed E-state index contributed by atoms with van der Waals surface area (Å²) in [7, 11) is 3.82. The maximum atomic E-state index is 13.9. The summed E-state index contributed by atoms with van der Waals surface area (Å²) in [6.45, 7) is 2.31. The van der Waals surface area contributed by atoms with Gasteiger partial charge in [-0.3, -0.25) is 9.59 Å². The van der Waals surface area contributed by atoms with E-state index in [1.165, 1.54) is 12.1 Å². The van der Waals surface area contributed by atoms with Crippen molar-refractivity contribution in [2.24, 2.45) is 0 Å². The molecule has 0 spiro atoms. The zero-order chi connectivity index (χ0) is 28.1. The van der Waals surface area contributed by atoms with Gasteiger partial charge in [-0.05, 0) is 111 Å². The number of hydrogen-bond acceptors (Lipinski definition) is 3. The number of amides is 1. The van der Waals surface area contributed by atoms with Crippen LogP contribution >= 0.6 is 0 Å². The van der Waals surface area contributed by atoms with Crippen molar-refractivity contribution >= 4 is 29.5 Å². The van der Waals surface area contributed by atoms with Gasteiger partial charge >= 0.3 is 0 Å². The lowest BCUT2D eigenvalue weighted by Crippen LogP contribution is -2.21. The van der Waals surface area contributed by atoms with Gasteiger partial charge in [0.2, 0.25) is 5.91 Å². The van der Waals surface area contributed by atoms with Gasteiger partial charge in [0.25, 0.3) is 0 Å². The van der Waals surface area contributed by atoms with E-state index >= 15 is 0 Å². The van der Waals surface area contributed by atoms with Gasteiger partial charge in [0.1, 0.15) is 5.82 Å². The highest BCUT2D eigenvalue weighted by atomic mass is 19.2. The minimum atomic E-state index is -0.982. The first-order valence-electron chi connectivity index (χ1n) is 12.8. The van der Waals surface area contributed by atoms with Crippen molar-refractivity contribution in [3.8, 4) is 0 Å². The highest BCUT2D eigenvalue weighted by molar-refractivity contribution is 6.14. The number of nitrogens with zero attached hydrogens (tertiary/aromatic N) is 1. The number of aryl methyl sites for hydroxylation is 1. The molecule has 0 aromatic heterocycles. The minimum absolute atomic E-state index is 0.0643. The molecule has 0 aliphatic heterocycles. The smallest absolute Gasteiger partial charge is 0.225 e. The first-order valence-corrected chi connectivity index (χ1v) is 12.8. The minimum Gasteiger partial charge on any atom is -0.326 e. The highest BCUT2D eigenvalue weighted by Crippen LogP contribution is 2.39. The van der Waals surface area contributed by atoms with Crippen LogP contribution in [0, 0.1) is 24.4 Å². The van der Waals surface area contributed by atoms with Crippen LogP contribution in [0.4, 0.5) is 18.9 Å². The molecule has 3 aromatic carbocycles. The first kappa shape index (κ1) is 28.0. The number of nitrogens with one attached hydrogen (secondary N) is 1. The molecule has 4 nitrogen and oxygen atoms in total. The second-order valence-corrected chi connectivity index (χ2v) is 10.2. The number of anilines is 1. The second kappa shape index (κ2) is 12.3. The number of ketones is 1. The average Bonchev–Trinajstić information content (AvgIpc) is 2.90. The molecule has 1 atom stereocenters. The van der Waals surface area contributed by atoms with Crippen molar-refractivity contribution in [2.45, 2.75) is 32.1 Å². The number of benzene rings is 3. The van der Waals surface area contributed by atoms with Crippen LogP contribution in [0.25, 0.3) is 12.2 Å². The number of halogens is 3. The number of rotatable bonds is 7. The van der Waals surface area contributed by atoms with Crippen molar-refractivity contribution in [2.75, 3.05) is 26.0 Å². The van der Waals surface area contributed by atoms with E-state index in [9.17, 15) is 22.8 Å².